The van der Waals surface area contributed by atoms with Gasteiger partial charge in [-0.15, -0.1) is 0 Å². The maximum Gasteiger partial charge on any atom is 0.262 e. The number of halogens is 1. The van der Waals surface area contributed by atoms with E-state index < -0.39 is 0 Å². The summed E-state index contributed by atoms with van der Waals surface area (Å²) >= 11 is 5.97. The van der Waals surface area contributed by atoms with Crippen LogP contribution in [0.25, 0.3) is 17.0 Å². The quantitative estimate of drug-likeness (QED) is 0.533. The van der Waals surface area contributed by atoms with Crippen LogP contribution in [0.1, 0.15) is 39.5 Å². The summed E-state index contributed by atoms with van der Waals surface area (Å²) in [5.74, 6) is 1.21. The summed E-state index contributed by atoms with van der Waals surface area (Å²) in [6.07, 6.45) is 5.93. The lowest BCUT2D eigenvalue weighted by Gasteiger charge is -2.14. The maximum atomic E-state index is 12.6. The van der Waals surface area contributed by atoms with Crippen LogP contribution in [0.4, 0.5) is 0 Å². The van der Waals surface area contributed by atoms with Crippen molar-refractivity contribution in [2.45, 2.75) is 46.1 Å². The molecule has 0 saturated heterocycles. The highest BCUT2D eigenvalue weighted by Crippen LogP contribution is 2.23. The Morgan fingerprint density at radius 1 is 1.12 bits per heavy atom. The second kappa shape index (κ2) is 8.41. The number of hydrogen-bond donors (Lipinski definition) is 0. The van der Waals surface area contributed by atoms with Gasteiger partial charge in [0, 0.05) is 23.3 Å². The second-order valence-electron chi connectivity index (χ2n) is 6.33. The first-order valence-corrected chi connectivity index (χ1v) is 9.53. The molecule has 3 aromatic rings. The molecule has 0 radical (unpaired) electrons. The number of aryl methyl sites for hydroxylation is 1. The van der Waals surface area contributed by atoms with E-state index in [1.165, 1.54) is 0 Å². The van der Waals surface area contributed by atoms with Crippen LogP contribution in [-0.2, 0) is 6.54 Å². The van der Waals surface area contributed by atoms with Crippen LogP contribution in [0.15, 0.2) is 41.3 Å². The van der Waals surface area contributed by atoms with E-state index in [9.17, 15) is 4.79 Å². The van der Waals surface area contributed by atoms with E-state index in [1.54, 1.807) is 16.7 Å². The average Bonchev–Trinajstić information content (AvgIpc) is 3.08. The fourth-order valence-electron chi connectivity index (χ4n) is 2.89. The molecule has 0 aliphatic rings. The van der Waals surface area contributed by atoms with Crippen molar-refractivity contribution in [1.29, 1.82) is 0 Å². The lowest BCUT2D eigenvalue weighted by atomic mass is 10.2. The SMILES string of the molecule is CCCCCn1c(OCCC)cc(=O)n2cc(-c3ccc(Cl)cc3)nc12. The Balaban J connectivity index is 2.09. The molecule has 26 heavy (non-hydrogen) atoms. The average molecular weight is 374 g/mol. The van der Waals surface area contributed by atoms with Crippen molar-refractivity contribution in [2.75, 3.05) is 6.61 Å². The molecule has 0 aliphatic heterocycles. The number of rotatable bonds is 8. The number of imidazole rings is 1. The number of ether oxygens (including phenoxy) is 1. The lowest BCUT2D eigenvalue weighted by molar-refractivity contribution is 0.286. The molecule has 3 rings (SSSR count). The summed E-state index contributed by atoms with van der Waals surface area (Å²) < 4.78 is 9.43. The molecular formula is C20H24ClN3O2. The molecule has 1 aromatic carbocycles. The molecule has 0 atom stereocenters. The number of unbranched alkanes of at least 4 members (excludes halogenated alkanes) is 2. The van der Waals surface area contributed by atoms with Gasteiger partial charge in [-0.05, 0) is 25.0 Å². The second-order valence-corrected chi connectivity index (χ2v) is 6.77. The van der Waals surface area contributed by atoms with E-state index in [-0.39, 0.29) is 5.56 Å². The highest BCUT2D eigenvalue weighted by atomic mass is 35.5. The smallest absolute Gasteiger partial charge is 0.262 e. The summed E-state index contributed by atoms with van der Waals surface area (Å²) in [7, 11) is 0. The fourth-order valence-corrected chi connectivity index (χ4v) is 3.02. The van der Waals surface area contributed by atoms with Crippen molar-refractivity contribution >= 4 is 17.4 Å². The minimum absolute atomic E-state index is 0.134. The molecule has 0 bridgehead atoms. The van der Waals surface area contributed by atoms with Crippen molar-refractivity contribution in [3.05, 3.63) is 51.9 Å². The zero-order valence-electron chi connectivity index (χ0n) is 15.2. The van der Waals surface area contributed by atoms with Crippen LogP contribution in [0.2, 0.25) is 5.02 Å². The predicted molar refractivity (Wildman–Crippen MR) is 105 cm³/mol. The van der Waals surface area contributed by atoms with Gasteiger partial charge in [0.05, 0.1) is 18.4 Å². The van der Waals surface area contributed by atoms with Gasteiger partial charge in [-0.1, -0.05) is 50.4 Å². The third-order valence-electron chi connectivity index (χ3n) is 4.26. The fraction of sp³-hybridized carbons (Fsp3) is 0.400. The Hall–Kier alpha value is -2.27. The van der Waals surface area contributed by atoms with Crippen LogP contribution in [0.3, 0.4) is 0 Å². The number of benzene rings is 1. The summed E-state index contributed by atoms with van der Waals surface area (Å²) in [6.45, 7) is 5.57. The van der Waals surface area contributed by atoms with E-state index in [0.29, 0.717) is 23.3 Å². The Labute approximate surface area is 158 Å². The van der Waals surface area contributed by atoms with Crippen LogP contribution in [0, 0.1) is 0 Å². The molecule has 2 heterocycles. The van der Waals surface area contributed by atoms with E-state index in [1.807, 2.05) is 35.8 Å². The molecule has 2 aromatic heterocycles. The molecule has 0 N–H and O–H groups in total. The highest BCUT2D eigenvalue weighted by Gasteiger charge is 2.14. The van der Waals surface area contributed by atoms with E-state index in [2.05, 4.69) is 6.92 Å². The van der Waals surface area contributed by atoms with Gasteiger partial charge < -0.3 is 4.74 Å². The van der Waals surface area contributed by atoms with Gasteiger partial charge in [-0.3, -0.25) is 13.8 Å². The molecule has 0 amide bonds. The molecule has 0 aliphatic carbocycles. The summed E-state index contributed by atoms with van der Waals surface area (Å²) in [6, 6.07) is 9.02. The van der Waals surface area contributed by atoms with Gasteiger partial charge in [0.1, 0.15) is 0 Å². The van der Waals surface area contributed by atoms with Crippen molar-refractivity contribution in [1.82, 2.24) is 14.0 Å². The van der Waals surface area contributed by atoms with Gasteiger partial charge in [0.25, 0.3) is 5.56 Å². The first-order chi connectivity index (χ1) is 12.6. The van der Waals surface area contributed by atoms with Gasteiger partial charge in [0.2, 0.25) is 11.7 Å². The predicted octanol–water partition coefficient (Wildman–Crippen LogP) is 4.80. The molecule has 6 heteroatoms. The Morgan fingerprint density at radius 2 is 1.88 bits per heavy atom. The standard InChI is InChI=1S/C20H24ClN3O2/c1-3-5-6-11-23-19(26-12-4-2)13-18(25)24-14-17(22-20(23)24)15-7-9-16(21)10-8-15/h7-10,13-14H,3-6,11-12H2,1-2H3. The largest absolute Gasteiger partial charge is 0.479 e. The number of aromatic nitrogens is 3. The van der Waals surface area contributed by atoms with Crippen LogP contribution >= 0.6 is 11.6 Å². The van der Waals surface area contributed by atoms with E-state index in [0.717, 1.165) is 43.5 Å². The Morgan fingerprint density at radius 3 is 2.58 bits per heavy atom. The monoisotopic (exact) mass is 373 g/mol. The van der Waals surface area contributed by atoms with Gasteiger partial charge in [-0.25, -0.2) is 4.98 Å². The third kappa shape index (κ3) is 3.93. The molecule has 138 valence electrons. The van der Waals surface area contributed by atoms with Crippen molar-refractivity contribution in [3.8, 4) is 17.1 Å². The third-order valence-corrected chi connectivity index (χ3v) is 4.51. The van der Waals surface area contributed by atoms with Crippen molar-refractivity contribution in [3.63, 3.8) is 0 Å². The lowest BCUT2D eigenvalue weighted by Crippen LogP contribution is -2.19. The molecule has 0 saturated carbocycles. The molecule has 0 spiro atoms. The van der Waals surface area contributed by atoms with Crippen molar-refractivity contribution < 1.29 is 4.74 Å². The molecule has 0 unspecified atom stereocenters. The molecular weight excluding hydrogens is 350 g/mol. The summed E-state index contributed by atoms with van der Waals surface area (Å²) in [4.78, 5) is 17.3. The number of hydrogen-bond acceptors (Lipinski definition) is 3. The minimum atomic E-state index is -0.134. The first-order valence-electron chi connectivity index (χ1n) is 9.15. The molecule has 0 fully saturated rings. The number of fused-ring (bicyclic) bond motifs is 1. The zero-order valence-corrected chi connectivity index (χ0v) is 16.0. The van der Waals surface area contributed by atoms with Crippen LogP contribution in [0.5, 0.6) is 5.88 Å². The Bertz CT molecular complexity index is 929. The normalized spacial score (nSPS) is 11.2. The first kappa shape index (κ1) is 18.5. The van der Waals surface area contributed by atoms with Crippen LogP contribution < -0.4 is 10.3 Å². The van der Waals surface area contributed by atoms with Gasteiger partial charge in [-0.2, -0.15) is 0 Å². The van der Waals surface area contributed by atoms with E-state index in [4.69, 9.17) is 21.3 Å². The molecule has 5 nitrogen and oxygen atoms in total. The van der Waals surface area contributed by atoms with E-state index >= 15 is 0 Å². The van der Waals surface area contributed by atoms with Crippen molar-refractivity contribution in [2.24, 2.45) is 0 Å². The summed E-state index contributed by atoms with van der Waals surface area (Å²) in [5.41, 5.74) is 1.54. The Kier molecular flexibility index (Phi) is 5.99. The zero-order chi connectivity index (χ0) is 18.5. The van der Waals surface area contributed by atoms with Crippen LogP contribution in [-0.4, -0.2) is 20.6 Å². The summed E-state index contributed by atoms with van der Waals surface area (Å²) in [5, 5.41) is 0.673. The van der Waals surface area contributed by atoms with Gasteiger partial charge >= 0.3 is 0 Å². The van der Waals surface area contributed by atoms with Gasteiger partial charge in [0.15, 0.2) is 0 Å². The minimum Gasteiger partial charge on any atom is -0.479 e. The number of nitrogens with zero attached hydrogens (tertiary/aromatic N) is 3. The highest BCUT2D eigenvalue weighted by molar-refractivity contribution is 6.30. The topological polar surface area (TPSA) is 48.5 Å². The maximum absolute atomic E-state index is 12.6.